The first-order valence-electron chi connectivity index (χ1n) is 9.66. The molecule has 3 rings (SSSR count). The van der Waals surface area contributed by atoms with Gasteiger partial charge in [0.15, 0.2) is 5.78 Å². The van der Waals surface area contributed by atoms with Gasteiger partial charge in [0, 0.05) is 47.9 Å². The lowest BCUT2D eigenvalue weighted by Gasteiger charge is -2.14. The molecule has 1 heterocycles. The highest BCUT2D eigenvalue weighted by molar-refractivity contribution is 9.10. The summed E-state index contributed by atoms with van der Waals surface area (Å²) in [6, 6.07) is 15.9. The molecule has 0 saturated heterocycles. The Morgan fingerprint density at radius 2 is 1.71 bits per heavy atom. The fourth-order valence-electron chi connectivity index (χ4n) is 3.04. The molecule has 0 bridgehead atoms. The van der Waals surface area contributed by atoms with E-state index >= 15 is 0 Å². The van der Waals surface area contributed by atoms with Gasteiger partial charge < -0.3 is 10.2 Å². The van der Waals surface area contributed by atoms with Crippen molar-refractivity contribution in [1.29, 1.82) is 5.41 Å². The van der Waals surface area contributed by atoms with Crippen LogP contribution < -0.4 is 5.32 Å². The van der Waals surface area contributed by atoms with E-state index in [1.54, 1.807) is 67.7 Å². The molecule has 0 atom stereocenters. The number of carbonyl (C=O) groups is 2. The lowest BCUT2D eigenvalue weighted by Crippen LogP contribution is -2.21. The van der Waals surface area contributed by atoms with E-state index in [0.717, 1.165) is 15.6 Å². The average molecular weight is 479 g/mol. The van der Waals surface area contributed by atoms with Gasteiger partial charge in [0.2, 0.25) is 0 Å². The number of anilines is 1. The Bertz CT molecular complexity index is 1120. The van der Waals surface area contributed by atoms with E-state index in [9.17, 15) is 9.59 Å². The summed E-state index contributed by atoms with van der Waals surface area (Å²) < 4.78 is 0.819. The van der Waals surface area contributed by atoms with Gasteiger partial charge in [-0.05, 0) is 46.6 Å². The first-order valence-corrected chi connectivity index (χ1v) is 10.5. The first-order chi connectivity index (χ1) is 14.7. The topological polar surface area (TPSA) is 86.2 Å². The summed E-state index contributed by atoms with van der Waals surface area (Å²) in [6.45, 7) is 1.90. The zero-order chi connectivity index (χ0) is 22.5. The molecule has 3 aromatic rings. The second-order valence-corrected chi connectivity index (χ2v) is 8.31. The number of halogens is 1. The second kappa shape index (κ2) is 9.66. The maximum Gasteiger partial charge on any atom is 0.257 e. The van der Waals surface area contributed by atoms with Gasteiger partial charge >= 0.3 is 0 Å². The zero-order valence-corrected chi connectivity index (χ0v) is 19.2. The van der Waals surface area contributed by atoms with Crippen LogP contribution in [0.15, 0.2) is 65.3 Å². The molecule has 0 aliphatic heterocycles. The Labute approximate surface area is 190 Å². The van der Waals surface area contributed by atoms with Gasteiger partial charge in [0.1, 0.15) is 11.7 Å². The highest BCUT2D eigenvalue weighted by Crippen LogP contribution is 2.18. The van der Waals surface area contributed by atoms with E-state index in [1.165, 1.54) is 0 Å². The van der Waals surface area contributed by atoms with Gasteiger partial charge in [-0.3, -0.25) is 15.0 Å². The molecule has 0 spiro atoms. The molecule has 158 valence electrons. The van der Waals surface area contributed by atoms with Gasteiger partial charge in [-0.25, -0.2) is 4.98 Å². The van der Waals surface area contributed by atoms with Crippen molar-refractivity contribution in [2.75, 3.05) is 19.4 Å². The number of rotatable bonds is 6. The predicted molar refractivity (Wildman–Crippen MR) is 126 cm³/mol. The third kappa shape index (κ3) is 5.64. The SMILES string of the molecule is Cc1ccc(CC(=O)c2ccc(C(=N)N(C)C)cc2)c(C(=O)Nc2ccc(Br)cn2)c1. The predicted octanol–water partition coefficient (Wildman–Crippen LogP) is 4.72. The van der Waals surface area contributed by atoms with E-state index in [2.05, 4.69) is 26.2 Å². The van der Waals surface area contributed by atoms with Gasteiger partial charge in [-0.2, -0.15) is 0 Å². The maximum atomic E-state index is 12.9. The largest absolute Gasteiger partial charge is 0.363 e. The van der Waals surface area contributed by atoms with Crippen LogP contribution in [0, 0.1) is 12.3 Å². The lowest BCUT2D eigenvalue weighted by atomic mass is 9.96. The van der Waals surface area contributed by atoms with E-state index in [4.69, 9.17) is 5.41 Å². The molecule has 0 fully saturated rings. The second-order valence-electron chi connectivity index (χ2n) is 7.40. The Morgan fingerprint density at radius 3 is 2.32 bits per heavy atom. The highest BCUT2D eigenvalue weighted by Gasteiger charge is 2.16. The number of benzene rings is 2. The number of carbonyl (C=O) groups excluding carboxylic acids is 2. The number of pyridine rings is 1. The van der Waals surface area contributed by atoms with E-state index in [-0.39, 0.29) is 18.1 Å². The van der Waals surface area contributed by atoms with Crippen molar-refractivity contribution < 1.29 is 9.59 Å². The number of hydrogen-bond acceptors (Lipinski definition) is 4. The molecular formula is C24H23BrN4O2. The third-order valence-electron chi connectivity index (χ3n) is 4.76. The Hall–Kier alpha value is -3.32. The summed E-state index contributed by atoms with van der Waals surface area (Å²) in [5.74, 6) is 0.405. The monoisotopic (exact) mass is 478 g/mol. The van der Waals surface area contributed by atoms with Crippen LogP contribution >= 0.6 is 15.9 Å². The van der Waals surface area contributed by atoms with Crippen LogP contribution in [0.5, 0.6) is 0 Å². The molecule has 1 amide bonds. The molecule has 7 heteroatoms. The van der Waals surface area contributed by atoms with Crippen LogP contribution in [0.25, 0.3) is 0 Å². The molecule has 0 radical (unpaired) electrons. The number of amides is 1. The minimum atomic E-state index is -0.309. The first kappa shape index (κ1) is 22.4. The number of aromatic nitrogens is 1. The van der Waals surface area contributed by atoms with Crippen molar-refractivity contribution in [2.24, 2.45) is 0 Å². The number of amidine groups is 1. The van der Waals surface area contributed by atoms with Gasteiger partial charge in [-0.1, -0.05) is 42.0 Å². The summed E-state index contributed by atoms with van der Waals surface area (Å²) in [7, 11) is 3.60. The average Bonchev–Trinajstić information content (AvgIpc) is 2.76. The molecule has 0 unspecified atom stereocenters. The molecular weight excluding hydrogens is 456 g/mol. The van der Waals surface area contributed by atoms with Gasteiger partial charge in [-0.15, -0.1) is 0 Å². The molecule has 1 aromatic heterocycles. The van der Waals surface area contributed by atoms with Crippen LogP contribution in [0.2, 0.25) is 0 Å². The number of ketones is 1. The summed E-state index contributed by atoms with van der Waals surface area (Å²) in [6.07, 6.45) is 1.71. The standard InChI is InChI=1S/C24H23BrN4O2/c1-15-4-5-18(20(12-15)24(31)28-22-11-10-19(25)14-27-22)13-21(30)16-6-8-17(9-7-16)23(26)29(2)3/h4-12,14,26H,13H2,1-3H3,(H,27,28,31). The van der Waals surface area contributed by atoms with Gasteiger partial charge in [0.25, 0.3) is 5.91 Å². The fourth-order valence-corrected chi connectivity index (χ4v) is 3.27. The van der Waals surface area contributed by atoms with Crippen molar-refractivity contribution in [3.05, 3.63) is 93.1 Å². The molecule has 0 aliphatic rings. The fraction of sp³-hybridized carbons (Fsp3) is 0.167. The van der Waals surface area contributed by atoms with Crippen LogP contribution in [0.4, 0.5) is 5.82 Å². The van der Waals surface area contributed by atoms with Crippen molar-refractivity contribution in [3.63, 3.8) is 0 Å². The van der Waals surface area contributed by atoms with E-state index in [0.29, 0.717) is 28.3 Å². The zero-order valence-electron chi connectivity index (χ0n) is 17.6. The molecule has 0 aliphatic carbocycles. The summed E-state index contributed by atoms with van der Waals surface area (Å²) in [5, 5.41) is 10.8. The lowest BCUT2D eigenvalue weighted by molar-refractivity contribution is 0.0992. The summed E-state index contributed by atoms with van der Waals surface area (Å²) >= 11 is 3.32. The van der Waals surface area contributed by atoms with Crippen molar-refractivity contribution in [1.82, 2.24) is 9.88 Å². The summed E-state index contributed by atoms with van der Waals surface area (Å²) in [4.78, 5) is 31.6. The third-order valence-corrected chi connectivity index (χ3v) is 5.23. The number of Topliss-reactive ketones (excluding diaryl/α,β-unsaturated/α-hetero) is 1. The van der Waals surface area contributed by atoms with E-state index < -0.39 is 0 Å². The van der Waals surface area contributed by atoms with Gasteiger partial charge in [0.05, 0.1) is 0 Å². The number of aryl methyl sites for hydroxylation is 1. The molecule has 31 heavy (non-hydrogen) atoms. The minimum Gasteiger partial charge on any atom is -0.363 e. The van der Waals surface area contributed by atoms with Crippen LogP contribution in [0.1, 0.15) is 37.4 Å². The van der Waals surface area contributed by atoms with Crippen LogP contribution in [-0.4, -0.2) is 41.5 Å². The molecule has 2 aromatic carbocycles. The Kier molecular flexibility index (Phi) is 6.97. The Balaban J connectivity index is 1.80. The quantitative estimate of drug-likeness (QED) is 0.305. The van der Waals surface area contributed by atoms with Crippen molar-refractivity contribution in [3.8, 4) is 0 Å². The number of hydrogen-bond donors (Lipinski definition) is 2. The molecule has 0 saturated carbocycles. The smallest absolute Gasteiger partial charge is 0.257 e. The van der Waals surface area contributed by atoms with Crippen LogP contribution in [0.3, 0.4) is 0 Å². The van der Waals surface area contributed by atoms with Crippen molar-refractivity contribution >= 4 is 39.3 Å². The highest BCUT2D eigenvalue weighted by atomic mass is 79.9. The summed E-state index contributed by atoms with van der Waals surface area (Å²) in [5.41, 5.74) is 3.30. The van der Waals surface area contributed by atoms with Crippen LogP contribution in [-0.2, 0) is 6.42 Å². The molecule has 2 N–H and O–H groups in total. The molecule has 6 nitrogen and oxygen atoms in total. The maximum absolute atomic E-state index is 12.9. The van der Waals surface area contributed by atoms with Crippen molar-refractivity contribution in [2.45, 2.75) is 13.3 Å². The van der Waals surface area contributed by atoms with E-state index in [1.807, 2.05) is 19.1 Å². The number of nitrogens with zero attached hydrogens (tertiary/aromatic N) is 2. The minimum absolute atomic E-state index is 0.0948. The number of nitrogens with one attached hydrogen (secondary N) is 2. The normalized spacial score (nSPS) is 10.5. The Morgan fingerprint density at radius 1 is 1.03 bits per heavy atom.